The SMILES string of the molecule is Cc1cnccc1CN1C(=O)CNC(=O)C1C. The van der Waals surface area contributed by atoms with Gasteiger partial charge >= 0.3 is 0 Å². The van der Waals surface area contributed by atoms with E-state index in [1.54, 1.807) is 24.2 Å². The van der Waals surface area contributed by atoms with Crippen molar-refractivity contribution in [1.82, 2.24) is 15.2 Å². The van der Waals surface area contributed by atoms with Crippen LogP contribution in [0.1, 0.15) is 18.1 Å². The number of nitrogens with one attached hydrogen (secondary N) is 1. The Morgan fingerprint density at radius 3 is 3.00 bits per heavy atom. The number of hydrogen-bond donors (Lipinski definition) is 1. The van der Waals surface area contributed by atoms with Crippen LogP contribution < -0.4 is 5.32 Å². The van der Waals surface area contributed by atoms with Gasteiger partial charge in [0.2, 0.25) is 11.8 Å². The Morgan fingerprint density at radius 2 is 2.29 bits per heavy atom. The lowest BCUT2D eigenvalue weighted by molar-refractivity contribution is -0.145. The van der Waals surface area contributed by atoms with Gasteiger partial charge in [0, 0.05) is 18.9 Å². The van der Waals surface area contributed by atoms with E-state index in [-0.39, 0.29) is 18.4 Å². The summed E-state index contributed by atoms with van der Waals surface area (Å²) in [5.74, 6) is -0.148. The number of piperazine rings is 1. The molecule has 0 aromatic carbocycles. The maximum Gasteiger partial charge on any atom is 0.242 e. The van der Waals surface area contributed by atoms with Gasteiger partial charge in [-0.2, -0.15) is 0 Å². The molecule has 1 fully saturated rings. The summed E-state index contributed by atoms with van der Waals surface area (Å²) in [5, 5.41) is 2.57. The molecule has 1 aromatic heterocycles. The van der Waals surface area contributed by atoms with Gasteiger partial charge < -0.3 is 10.2 Å². The predicted octanol–water partition coefficient (Wildman–Crippen LogP) is 0.237. The minimum Gasteiger partial charge on any atom is -0.345 e. The number of pyridine rings is 1. The van der Waals surface area contributed by atoms with Crippen LogP contribution in [0.25, 0.3) is 0 Å². The number of nitrogens with zero attached hydrogens (tertiary/aromatic N) is 2. The molecule has 17 heavy (non-hydrogen) atoms. The van der Waals surface area contributed by atoms with Gasteiger partial charge in [-0.15, -0.1) is 0 Å². The number of rotatable bonds is 2. The zero-order valence-electron chi connectivity index (χ0n) is 9.93. The van der Waals surface area contributed by atoms with Gasteiger partial charge in [-0.1, -0.05) is 0 Å². The predicted molar refractivity (Wildman–Crippen MR) is 62.0 cm³/mol. The average molecular weight is 233 g/mol. The van der Waals surface area contributed by atoms with E-state index in [2.05, 4.69) is 10.3 Å². The summed E-state index contributed by atoms with van der Waals surface area (Å²) in [6.45, 7) is 4.24. The number of amides is 2. The molecule has 1 saturated heterocycles. The highest BCUT2D eigenvalue weighted by atomic mass is 16.2. The summed E-state index contributed by atoms with van der Waals surface area (Å²) in [6.07, 6.45) is 3.45. The number of hydrogen-bond acceptors (Lipinski definition) is 3. The Bertz CT molecular complexity index is 459. The fourth-order valence-electron chi connectivity index (χ4n) is 1.86. The van der Waals surface area contributed by atoms with Gasteiger partial charge in [0.25, 0.3) is 0 Å². The van der Waals surface area contributed by atoms with Gasteiger partial charge in [0.1, 0.15) is 6.04 Å². The lowest BCUT2D eigenvalue weighted by Crippen LogP contribution is -2.56. The quantitative estimate of drug-likeness (QED) is 0.795. The van der Waals surface area contributed by atoms with Crippen LogP contribution in [0.4, 0.5) is 0 Å². The molecule has 0 saturated carbocycles. The molecule has 90 valence electrons. The molecule has 1 aliphatic heterocycles. The maximum absolute atomic E-state index is 11.8. The van der Waals surface area contributed by atoms with Crippen LogP contribution in [0, 0.1) is 6.92 Å². The van der Waals surface area contributed by atoms with E-state index in [1.165, 1.54) is 0 Å². The molecule has 2 amide bonds. The molecule has 0 spiro atoms. The maximum atomic E-state index is 11.8. The van der Waals surface area contributed by atoms with Crippen LogP contribution in [0.5, 0.6) is 0 Å². The molecular formula is C12H15N3O2. The summed E-state index contributed by atoms with van der Waals surface area (Å²) in [5.41, 5.74) is 2.05. The van der Waals surface area contributed by atoms with Gasteiger partial charge in [0.05, 0.1) is 6.54 Å². The summed E-state index contributed by atoms with van der Waals surface area (Å²) in [7, 11) is 0. The highest BCUT2D eigenvalue weighted by Gasteiger charge is 2.30. The number of aryl methyl sites for hydroxylation is 1. The largest absolute Gasteiger partial charge is 0.345 e. The third-order valence-electron chi connectivity index (χ3n) is 3.06. The fraction of sp³-hybridized carbons (Fsp3) is 0.417. The molecule has 0 aliphatic carbocycles. The highest BCUT2D eigenvalue weighted by Crippen LogP contribution is 2.13. The van der Waals surface area contributed by atoms with Crippen molar-refractivity contribution >= 4 is 11.8 Å². The van der Waals surface area contributed by atoms with Crippen LogP contribution in [-0.4, -0.2) is 34.3 Å². The molecule has 2 heterocycles. The summed E-state index contributed by atoms with van der Waals surface area (Å²) >= 11 is 0. The van der Waals surface area contributed by atoms with Crippen LogP contribution in [0.15, 0.2) is 18.5 Å². The number of aromatic nitrogens is 1. The molecule has 1 aliphatic rings. The highest BCUT2D eigenvalue weighted by molar-refractivity contribution is 5.94. The van der Waals surface area contributed by atoms with E-state index in [0.717, 1.165) is 11.1 Å². The Morgan fingerprint density at radius 1 is 1.53 bits per heavy atom. The molecule has 2 rings (SSSR count). The monoisotopic (exact) mass is 233 g/mol. The first-order chi connectivity index (χ1) is 8.09. The molecule has 1 unspecified atom stereocenters. The first-order valence-corrected chi connectivity index (χ1v) is 5.56. The molecule has 0 radical (unpaired) electrons. The van der Waals surface area contributed by atoms with Gasteiger partial charge in [-0.05, 0) is 31.0 Å². The van der Waals surface area contributed by atoms with Crippen molar-refractivity contribution in [2.24, 2.45) is 0 Å². The summed E-state index contributed by atoms with van der Waals surface area (Å²) in [6, 6.07) is 1.46. The Labute approximate surface area is 99.8 Å². The third-order valence-corrected chi connectivity index (χ3v) is 3.06. The smallest absolute Gasteiger partial charge is 0.242 e. The van der Waals surface area contributed by atoms with E-state index in [0.29, 0.717) is 6.54 Å². The van der Waals surface area contributed by atoms with E-state index < -0.39 is 6.04 Å². The van der Waals surface area contributed by atoms with E-state index in [1.807, 2.05) is 13.0 Å². The first kappa shape index (κ1) is 11.6. The standard InChI is InChI=1S/C12H15N3O2/c1-8-5-13-4-3-10(8)7-15-9(2)12(17)14-6-11(15)16/h3-5,9H,6-7H2,1-2H3,(H,14,17). The second kappa shape index (κ2) is 4.53. The third kappa shape index (κ3) is 2.27. The zero-order chi connectivity index (χ0) is 12.4. The zero-order valence-corrected chi connectivity index (χ0v) is 9.93. The normalized spacial score (nSPS) is 20.4. The molecule has 5 heteroatoms. The van der Waals surface area contributed by atoms with E-state index in [9.17, 15) is 9.59 Å². The van der Waals surface area contributed by atoms with Gasteiger partial charge in [0.15, 0.2) is 0 Å². The number of carbonyl (C=O) groups excluding carboxylic acids is 2. The minimum atomic E-state index is -0.413. The van der Waals surface area contributed by atoms with Crippen molar-refractivity contribution in [3.63, 3.8) is 0 Å². The average Bonchev–Trinajstić information content (AvgIpc) is 2.32. The summed E-state index contributed by atoms with van der Waals surface area (Å²) < 4.78 is 0. The van der Waals surface area contributed by atoms with Gasteiger partial charge in [-0.25, -0.2) is 0 Å². The lowest BCUT2D eigenvalue weighted by atomic mass is 10.1. The second-order valence-electron chi connectivity index (χ2n) is 4.22. The molecule has 5 nitrogen and oxygen atoms in total. The molecule has 1 N–H and O–H groups in total. The van der Waals surface area contributed by atoms with Crippen LogP contribution >= 0.6 is 0 Å². The van der Waals surface area contributed by atoms with E-state index in [4.69, 9.17) is 0 Å². The van der Waals surface area contributed by atoms with Crippen LogP contribution in [0.3, 0.4) is 0 Å². The molecule has 1 aromatic rings. The van der Waals surface area contributed by atoms with Crippen LogP contribution in [0.2, 0.25) is 0 Å². The minimum absolute atomic E-state index is 0.0479. The summed E-state index contributed by atoms with van der Waals surface area (Å²) in [4.78, 5) is 28.9. The lowest BCUT2D eigenvalue weighted by Gasteiger charge is -2.33. The van der Waals surface area contributed by atoms with Crippen molar-refractivity contribution in [1.29, 1.82) is 0 Å². The van der Waals surface area contributed by atoms with E-state index >= 15 is 0 Å². The molecular weight excluding hydrogens is 218 g/mol. The molecule has 0 bridgehead atoms. The Balaban J connectivity index is 2.19. The van der Waals surface area contributed by atoms with Crippen molar-refractivity contribution in [3.05, 3.63) is 29.6 Å². The second-order valence-corrected chi connectivity index (χ2v) is 4.22. The first-order valence-electron chi connectivity index (χ1n) is 5.56. The number of carbonyl (C=O) groups is 2. The van der Waals surface area contributed by atoms with Crippen molar-refractivity contribution in [3.8, 4) is 0 Å². The van der Waals surface area contributed by atoms with Gasteiger partial charge in [-0.3, -0.25) is 14.6 Å². The fourth-order valence-corrected chi connectivity index (χ4v) is 1.86. The topological polar surface area (TPSA) is 62.3 Å². The van der Waals surface area contributed by atoms with Crippen LogP contribution in [-0.2, 0) is 16.1 Å². The van der Waals surface area contributed by atoms with Crippen molar-refractivity contribution in [2.75, 3.05) is 6.54 Å². The van der Waals surface area contributed by atoms with Crippen molar-refractivity contribution < 1.29 is 9.59 Å². The molecule has 1 atom stereocenters. The van der Waals surface area contributed by atoms with Crippen molar-refractivity contribution in [2.45, 2.75) is 26.4 Å². The Hall–Kier alpha value is -1.91. The Kier molecular flexibility index (Phi) is 3.08.